The number of hydrogen-bond acceptors (Lipinski definition) is 8. The van der Waals surface area contributed by atoms with Gasteiger partial charge in [0.1, 0.15) is 18.3 Å². The summed E-state index contributed by atoms with van der Waals surface area (Å²) in [7, 11) is -0.0544. The van der Waals surface area contributed by atoms with E-state index in [4.69, 9.17) is 9.84 Å². The summed E-state index contributed by atoms with van der Waals surface area (Å²) in [6, 6.07) is -1.14. The Kier molecular flexibility index (Phi) is 5.98. The van der Waals surface area contributed by atoms with Crippen LogP contribution in [0.1, 0.15) is 13.3 Å². The predicted octanol–water partition coefficient (Wildman–Crippen LogP) is -5.06. The minimum absolute atomic E-state index is 0.0544. The molecular formula is C11H21NO8Si. The average molecular weight is 323 g/mol. The molecule has 0 saturated carbocycles. The molecule has 21 heavy (non-hydrogen) atoms. The van der Waals surface area contributed by atoms with Gasteiger partial charge in [0.2, 0.25) is 11.7 Å². The van der Waals surface area contributed by atoms with Crippen LogP contribution >= 0.6 is 0 Å². The minimum Gasteiger partial charge on any atom is -0.394 e. The standard InChI is InChI=1S/C11H21NO8Si/c1-4(14)12-7-5(15)2-11(19,10(18)21)20-9(7)8(17)6(16)3-13/h5-9,13,15-17,19H,2-3H2,1,21H3,(H,12,14)/t5-,6+,7+,8+,9+,11-/m0/s1. The lowest BCUT2D eigenvalue weighted by Crippen LogP contribution is -2.67. The van der Waals surface area contributed by atoms with Crippen LogP contribution in [0.3, 0.4) is 0 Å². The van der Waals surface area contributed by atoms with Crippen LogP contribution in [0, 0.1) is 0 Å². The van der Waals surface area contributed by atoms with E-state index in [-0.39, 0.29) is 10.2 Å². The van der Waals surface area contributed by atoms with E-state index in [9.17, 15) is 30.0 Å². The van der Waals surface area contributed by atoms with E-state index in [0.29, 0.717) is 0 Å². The van der Waals surface area contributed by atoms with Crippen LogP contribution in [0.4, 0.5) is 0 Å². The van der Waals surface area contributed by atoms with Crippen molar-refractivity contribution in [1.82, 2.24) is 5.32 Å². The molecule has 9 nitrogen and oxygen atoms in total. The van der Waals surface area contributed by atoms with Gasteiger partial charge in [0.05, 0.1) is 29.0 Å². The number of carbonyl (C=O) groups is 2. The van der Waals surface area contributed by atoms with E-state index in [1.807, 2.05) is 0 Å². The highest BCUT2D eigenvalue weighted by Gasteiger charge is 2.51. The molecule has 0 radical (unpaired) electrons. The summed E-state index contributed by atoms with van der Waals surface area (Å²) in [5, 5.41) is 50.1. The second-order valence-corrected chi connectivity index (χ2v) is 6.07. The first-order valence-electron chi connectivity index (χ1n) is 6.45. The Morgan fingerprint density at radius 2 is 2.05 bits per heavy atom. The van der Waals surface area contributed by atoms with Crippen molar-refractivity contribution in [3.63, 3.8) is 0 Å². The molecule has 1 aliphatic rings. The van der Waals surface area contributed by atoms with Crippen molar-refractivity contribution < 1.29 is 39.9 Å². The molecule has 1 heterocycles. The number of carbonyl (C=O) groups excluding carboxylic acids is 2. The van der Waals surface area contributed by atoms with Crippen molar-refractivity contribution in [3.8, 4) is 0 Å². The van der Waals surface area contributed by atoms with Crippen LogP contribution in [0.15, 0.2) is 0 Å². The molecule has 0 aliphatic carbocycles. The van der Waals surface area contributed by atoms with Gasteiger partial charge >= 0.3 is 0 Å². The number of rotatable bonds is 5. The lowest BCUT2D eigenvalue weighted by atomic mass is 9.89. The van der Waals surface area contributed by atoms with E-state index >= 15 is 0 Å². The van der Waals surface area contributed by atoms with Gasteiger partial charge in [0.15, 0.2) is 5.41 Å². The molecule has 1 saturated heterocycles. The van der Waals surface area contributed by atoms with Gasteiger partial charge in [-0.3, -0.25) is 4.79 Å². The van der Waals surface area contributed by atoms with Crippen molar-refractivity contribution in [2.45, 2.75) is 49.6 Å². The third kappa shape index (κ3) is 4.07. The second-order valence-electron chi connectivity index (χ2n) is 5.16. The third-order valence-corrected chi connectivity index (χ3v) is 4.20. The lowest BCUT2D eigenvalue weighted by Gasteiger charge is -2.45. The van der Waals surface area contributed by atoms with Crippen molar-refractivity contribution in [2.75, 3.05) is 6.61 Å². The fourth-order valence-corrected chi connectivity index (χ4v) is 2.55. The quantitative estimate of drug-likeness (QED) is 0.274. The van der Waals surface area contributed by atoms with Crippen LogP contribution in [0.5, 0.6) is 0 Å². The molecule has 1 fully saturated rings. The Morgan fingerprint density at radius 1 is 1.48 bits per heavy atom. The summed E-state index contributed by atoms with van der Waals surface area (Å²) in [4.78, 5) is 22.7. The summed E-state index contributed by atoms with van der Waals surface area (Å²) in [5.41, 5.74) is 0. The van der Waals surface area contributed by atoms with Crippen LogP contribution < -0.4 is 5.32 Å². The van der Waals surface area contributed by atoms with Gasteiger partial charge in [-0.15, -0.1) is 0 Å². The van der Waals surface area contributed by atoms with Crippen molar-refractivity contribution in [3.05, 3.63) is 0 Å². The van der Waals surface area contributed by atoms with E-state index in [1.165, 1.54) is 6.92 Å². The first-order valence-corrected chi connectivity index (χ1v) is 7.45. The molecule has 0 bridgehead atoms. The Morgan fingerprint density at radius 3 is 2.48 bits per heavy atom. The predicted molar refractivity (Wildman–Crippen MR) is 72.1 cm³/mol. The monoisotopic (exact) mass is 323 g/mol. The number of ether oxygens (including phenoxy) is 1. The largest absolute Gasteiger partial charge is 0.394 e. The number of nitrogens with one attached hydrogen (secondary N) is 1. The zero-order valence-corrected chi connectivity index (χ0v) is 13.8. The SMILES string of the molecule is CC(=O)N[C@H]1[C@H]([C@H](O)[C@H](O)CO)O[C@](O)(C(=O)[SiH3])C[C@@H]1O. The van der Waals surface area contributed by atoms with Crippen molar-refractivity contribution in [2.24, 2.45) is 0 Å². The lowest BCUT2D eigenvalue weighted by molar-refractivity contribution is -0.282. The molecular weight excluding hydrogens is 302 g/mol. The summed E-state index contributed by atoms with van der Waals surface area (Å²) >= 11 is 0. The van der Waals surface area contributed by atoms with E-state index in [2.05, 4.69) is 5.32 Å². The fourth-order valence-electron chi connectivity index (χ4n) is 2.22. The van der Waals surface area contributed by atoms with E-state index in [1.54, 1.807) is 0 Å². The van der Waals surface area contributed by atoms with E-state index < -0.39 is 60.6 Å². The third-order valence-electron chi connectivity index (χ3n) is 3.42. The summed E-state index contributed by atoms with van der Waals surface area (Å²) < 4.78 is 5.15. The molecule has 6 N–H and O–H groups in total. The van der Waals surface area contributed by atoms with Gasteiger partial charge in [0, 0.05) is 13.3 Å². The van der Waals surface area contributed by atoms with Gasteiger partial charge < -0.3 is 40.4 Å². The second kappa shape index (κ2) is 6.92. The van der Waals surface area contributed by atoms with Crippen LogP contribution in [-0.2, 0) is 14.3 Å². The molecule has 1 amide bonds. The normalized spacial score (nSPS) is 36.0. The maximum Gasteiger partial charge on any atom is 0.223 e. The van der Waals surface area contributed by atoms with Crippen molar-refractivity contribution in [1.29, 1.82) is 0 Å². The van der Waals surface area contributed by atoms with Crippen LogP contribution in [0.25, 0.3) is 0 Å². The molecule has 122 valence electrons. The Hall–Kier alpha value is -0.883. The zero-order valence-electron chi connectivity index (χ0n) is 11.8. The van der Waals surface area contributed by atoms with Crippen LogP contribution in [0.2, 0.25) is 0 Å². The molecule has 1 aliphatic heterocycles. The Bertz CT molecular complexity index is 408. The molecule has 0 aromatic heterocycles. The maximum atomic E-state index is 11.5. The molecule has 0 aromatic carbocycles. The fraction of sp³-hybridized carbons (Fsp3) is 0.818. The number of aliphatic hydroxyl groups excluding tert-OH is 4. The first-order chi connectivity index (χ1) is 9.62. The topological polar surface area (TPSA) is 157 Å². The molecule has 0 spiro atoms. The highest BCUT2D eigenvalue weighted by atomic mass is 28.1. The van der Waals surface area contributed by atoms with E-state index in [0.717, 1.165) is 0 Å². The maximum absolute atomic E-state index is 11.5. The zero-order chi connectivity index (χ0) is 16.4. The van der Waals surface area contributed by atoms with Gasteiger partial charge in [-0.25, -0.2) is 0 Å². The van der Waals surface area contributed by atoms with Crippen molar-refractivity contribution >= 4 is 21.6 Å². The number of amides is 1. The van der Waals surface area contributed by atoms with Crippen LogP contribution in [-0.4, -0.2) is 89.9 Å². The Balaban J connectivity index is 3.07. The highest BCUT2D eigenvalue weighted by molar-refractivity contribution is 6.59. The number of hydrogen-bond donors (Lipinski definition) is 6. The first kappa shape index (κ1) is 18.2. The smallest absolute Gasteiger partial charge is 0.223 e. The summed E-state index contributed by atoms with van der Waals surface area (Å²) in [6.07, 6.45) is -6.61. The number of aliphatic hydroxyl groups is 5. The van der Waals surface area contributed by atoms with Gasteiger partial charge in [0.25, 0.3) is 0 Å². The molecule has 10 heteroatoms. The Labute approximate surface area is 124 Å². The highest BCUT2D eigenvalue weighted by Crippen LogP contribution is 2.30. The van der Waals surface area contributed by atoms with Gasteiger partial charge in [-0.05, 0) is 0 Å². The molecule has 0 aromatic rings. The summed E-state index contributed by atoms with van der Waals surface area (Å²) in [6.45, 7) is 0.383. The average Bonchev–Trinajstić information content (AvgIpc) is 2.39. The van der Waals surface area contributed by atoms with Gasteiger partial charge in [-0.1, -0.05) is 0 Å². The summed E-state index contributed by atoms with van der Waals surface area (Å²) in [5.74, 6) is -2.80. The van der Waals surface area contributed by atoms with Gasteiger partial charge in [-0.2, -0.15) is 0 Å². The molecule has 0 unspecified atom stereocenters. The minimum atomic E-state index is -2.28. The molecule has 6 atom stereocenters. The molecule has 1 rings (SSSR count).